The zero-order valence-electron chi connectivity index (χ0n) is 18.4. The number of aryl methyl sites for hydroxylation is 1. The van der Waals surface area contributed by atoms with Crippen LogP contribution in [0.2, 0.25) is 0 Å². The van der Waals surface area contributed by atoms with Crippen LogP contribution in [0.5, 0.6) is 11.6 Å². The maximum atomic E-state index is 13.9. The number of piperazine rings is 1. The zero-order chi connectivity index (χ0) is 23.7. The van der Waals surface area contributed by atoms with Gasteiger partial charge < -0.3 is 24.8 Å². The molecular formula is C24H22F2N6O2. The Balaban J connectivity index is 1.18. The second-order valence-corrected chi connectivity index (χ2v) is 8.01. The van der Waals surface area contributed by atoms with Gasteiger partial charge in [0.15, 0.2) is 0 Å². The van der Waals surface area contributed by atoms with Crippen LogP contribution in [0.25, 0.3) is 10.9 Å². The summed E-state index contributed by atoms with van der Waals surface area (Å²) in [7, 11) is 0. The molecule has 0 unspecified atom stereocenters. The van der Waals surface area contributed by atoms with Crippen molar-refractivity contribution in [2.24, 2.45) is 0 Å². The van der Waals surface area contributed by atoms with Gasteiger partial charge in [-0.2, -0.15) is 0 Å². The largest absolute Gasteiger partial charge is 0.438 e. The van der Waals surface area contributed by atoms with Gasteiger partial charge in [0, 0.05) is 49.5 Å². The number of benzene rings is 2. The minimum absolute atomic E-state index is 0.156. The molecule has 2 aromatic carbocycles. The predicted octanol–water partition coefficient (Wildman–Crippen LogP) is 4.69. The maximum absolute atomic E-state index is 13.9. The first-order chi connectivity index (χ1) is 16.5. The van der Waals surface area contributed by atoms with Crippen LogP contribution < -0.4 is 15.0 Å². The van der Waals surface area contributed by atoms with Gasteiger partial charge >= 0.3 is 6.03 Å². The Bertz CT molecular complexity index is 1320. The number of carbonyl (C=O) groups is 1. The number of ether oxygens (including phenoxy) is 1. The number of H-pyrrole nitrogens is 1. The van der Waals surface area contributed by atoms with Crippen molar-refractivity contribution in [3.63, 3.8) is 0 Å². The molecule has 174 valence electrons. The second-order valence-electron chi connectivity index (χ2n) is 8.01. The molecule has 0 atom stereocenters. The lowest BCUT2D eigenvalue weighted by Gasteiger charge is -2.36. The molecule has 0 saturated carbocycles. The molecule has 2 aromatic heterocycles. The number of hydrogen-bond donors (Lipinski definition) is 2. The Morgan fingerprint density at radius 2 is 1.82 bits per heavy atom. The summed E-state index contributed by atoms with van der Waals surface area (Å²) in [6.07, 6.45) is 4.69. The summed E-state index contributed by atoms with van der Waals surface area (Å²) in [5.41, 5.74) is 2.34. The third-order valence-corrected chi connectivity index (χ3v) is 5.70. The number of amides is 2. The molecule has 5 rings (SSSR count). The molecule has 0 bridgehead atoms. The molecule has 2 amide bonds. The third kappa shape index (κ3) is 4.47. The van der Waals surface area contributed by atoms with Crippen LogP contribution in [0.4, 0.5) is 25.0 Å². The molecule has 1 aliphatic heterocycles. The van der Waals surface area contributed by atoms with Crippen LogP contribution in [-0.2, 0) is 0 Å². The summed E-state index contributed by atoms with van der Waals surface area (Å²) in [6.45, 7) is 4.17. The van der Waals surface area contributed by atoms with Crippen molar-refractivity contribution in [1.29, 1.82) is 0 Å². The summed E-state index contributed by atoms with van der Waals surface area (Å²) < 4.78 is 33.2. The molecule has 4 aromatic rings. The highest BCUT2D eigenvalue weighted by atomic mass is 19.1. The second kappa shape index (κ2) is 8.97. The van der Waals surface area contributed by atoms with E-state index in [0.717, 1.165) is 17.4 Å². The van der Waals surface area contributed by atoms with Gasteiger partial charge in [-0.3, -0.25) is 4.98 Å². The molecule has 1 aliphatic rings. The van der Waals surface area contributed by atoms with Crippen LogP contribution in [-0.4, -0.2) is 52.1 Å². The summed E-state index contributed by atoms with van der Waals surface area (Å²) in [5.74, 6) is -0.311. The first-order valence-electron chi connectivity index (χ1n) is 10.8. The molecule has 1 saturated heterocycles. The Morgan fingerprint density at radius 3 is 2.53 bits per heavy atom. The molecule has 3 heterocycles. The molecule has 1 fully saturated rings. The number of urea groups is 1. The number of hydrogen-bond acceptors (Lipinski definition) is 5. The number of aromatic nitrogens is 3. The lowest BCUT2D eigenvalue weighted by molar-refractivity contribution is 0.208. The number of nitrogens with zero attached hydrogens (tertiary/aromatic N) is 4. The van der Waals surface area contributed by atoms with E-state index in [2.05, 4.69) is 25.2 Å². The third-order valence-electron chi connectivity index (χ3n) is 5.70. The van der Waals surface area contributed by atoms with Gasteiger partial charge in [0.25, 0.3) is 0 Å². The Kier molecular flexibility index (Phi) is 5.70. The first kappa shape index (κ1) is 21.6. The minimum Gasteiger partial charge on any atom is -0.438 e. The van der Waals surface area contributed by atoms with Gasteiger partial charge in [-0.1, -0.05) is 0 Å². The van der Waals surface area contributed by atoms with Crippen molar-refractivity contribution in [1.82, 2.24) is 19.9 Å². The molecular weight excluding hydrogens is 442 g/mol. The van der Waals surface area contributed by atoms with Crippen LogP contribution >= 0.6 is 0 Å². The number of rotatable bonds is 4. The summed E-state index contributed by atoms with van der Waals surface area (Å²) in [6, 6.07) is 9.34. The average molecular weight is 464 g/mol. The fourth-order valence-electron chi connectivity index (χ4n) is 3.90. The average Bonchev–Trinajstić information content (AvgIpc) is 3.24. The van der Waals surface area contributed by atoms with Gasteiger partial charge in [-0.25, -0.2) is 18.6 Å². The monoisotopic (exact) mass is 464 g/mol. The molecule has 8 nitrogen and oxygen atoms in total. The lowest BCUT2D eigenvalue weighted by atomic mass is 10.2. The SMILES string of the molecule is Cc1cnc(Oc2ccc(N3CCN(C(=O)Nc4c[nH]c5c(F)cc(F)cc45)CC3)cc2)cn1. The normalized spacial score (nSPS) is 13.9. The highest BCUT2D eigenvalue weighted by molar-refractivity contribution is 6.01. The van der Waals surface area contributed by atoms with E-state index in [9.17, 15) is 13.6 Å². The van der Waals surface area contributed by atoms with E-state index in [1.54, 1.807) is 17.3 Å². The number of nitrogens with one attached hydrogen (secondary N) is 2. The van der Waals surface area contributed by atoms with Crippen molar-refractivity contribution >= 4 is 28.3 Å². The van der Waals surface area contributed by atoms with Gasteiger partial charge in [0.2, 0.25) is 5.88 Å². The van der Waals surface area contributed by atoms with E-state index in [1.807, 2.05) is 31.2 Å². The van der Waals surface area contributed by atoms with Gasteiger partial charge in [-0.15, -0.1) is 0 Å². The standard InChI is InChI=1S/C24H22F2N6O2/c1-15-12-28-22(14-27-15)34-18-4-2-17(3-5-18)31-6-8-32(9-7-31)24(33)30-21-13-29-23-19(21)10-16(25)11-20(23)26/h2-5,10-14,29H,6-9H2,1H3,(H,30,33). The van der Waals surface area contributed by atoms with E-state index in [1.165, 1.54) is 12.3 Å². The topological polar surface area (TPSA) is 86.4 Å². The number of carbonyl (C=O) groups excluding carboxylic acids is 1. The Hall–Kier alpha value is -4.21. The molecule has 10 heteroatoms. The molecule has 0 radical (unpaired) electrons. The van der Waals surface area contributed by atoms with Gasteiger partial charge in [0.05, 0.1) is 29.3 Å². The van der Waals surface area contributed by atoms with Crippen LogP contribution in [0.15, 0.2) is 55.0 Å². The smallest absolute Gasteiger partial charge is 0.322 e. The molecule has 2 N–H and O–H groups in total. The van der Waals surface area contributed by atoms with E-state index >= 15 is 0 Å². The lowest BCUT2D eigenvalue weighted by Crippen LogP contribution is -2.50. The van der Waals surface area contributed by atoms with Crippen molar-refractivity contribution < 1.29 is 18.3 Å². The highest BCUT2D eigenvalue weighted by Crippen LogP contribution is 2.27. The molecule has 0 spiro atoms. The van der Waals surface area contributed by atoms with E-state index < -0.39 is 11.6 Å². The van der Waals surface area contributed by atoms with Crippen LogP contribution in [0, 0.1) is 18.6 Å². The Morgan fingerprint density at radius 1 is 1.06 bits per heavy atom. The van der Waals surface area contributed by atoms with Crippen molar-refractivity contribution in [2.75, 3.05) is 36.4 Å². The maximum Gasteiger partial charge on any atom is 0.322 e. The Labute approximate surface area is 194 Å². The van der Waals surface area contributed by atoms with Crippen molar-refractivity contribution in [3.8, 4) is 11.6 Å². The summed E-state index contributed by atoms with van der Waals surface area (Å²) in [4.78, 5) is 27.7. The fraction of sp³-hybridized carbons (Fsp3) is 0.208. The van der Waals surface area contributed by atoms with E-state index in [0.29, 0.717) is 48.9 Å². The summed E-state index contributed by atoms with van der Waals surface area (Å²) >= 11 is 0. The van der Waals surface area contributed by atoms with Crippen LogP contribution in [0.1, 0.15) is 5.69 Å². The number of fused-ring (bicyclic) bond motifs is 1. The number of anilines is 2. The first-order valence-corrected chi connectivity index (χ1v) is 10.8. The van der Waals surface area contributed by atoms with E-state index in [4.69, 9.17) is 4.74 Å². The molecule has 0 aliphatic carbocycles. The minimum atomic E-state index is -0.702. The van der Waals surface area contributed by atoms with Crippen molar-refractivity contribution in [2.45, 2.75) is 6.92 Å². The van der Waals surface area contributed by atoms with Crippen LogP contribution in [0.3, 0.4) is 0 Å². The number of halogens is 2. The molecule has 34 heavy (non-hydrogen) atoms. The quantitative estimate of drug-likeness (QED) is 0.458. The van der Waals surface area contributed by atoms with Gasteiger partial charge in [-0.05, 0) is 37.3 Å². The van der Waals surface area contributed by atoms with Gasteiger partial charge in [0.1, 0.15) is 17.4 Å². The fourth-order valence-corrected chi connectivity index (χ4v) is 3.90. The number of aromatic amines is 1. The summed E-state index contributed by atoms with van der Waals surface area (Å²) in [5, 5.41) is 3.05. The van der Waals surface area contributed by atoms with Crippen molar-refractivity contribution in [3.05, 3.63) is 72.3 Å². The van der Waals surface area contributed by atoms with E-state index in [-0.39, 0.29) is 11.5 Å². The predicted molar refractivity (Wildman–Crippen MR) is 124 cm³/mol. The highest BCUT2D eigenvalue weighted by Gasteiger charge is 2.22. The zero-order valence-corrected chi connectivity index (χ0v) is 18.4.